The molecule has 23 heavy (non-hydrogen) atoms. The van der Waals surface area contributed by atoms with E-state index in [9.17, 15) is 0 Å². The Morgan fingerprint density at radius 2 is 2.00 bits per heavy atom. The van der Waals surface area contributed by atoms with Crippen molar-refractivity contribution in [1.82, 2.24) is 15.8 Å². The summed E-state index contributed by atoms with van der Waals surface area (Å²) >= 11 is 5.97. The molecule has 0 aliphatic carbocycles. The number of halogens is 2. The van der Waals surface area contributed by atoms with Crippen LogP contribution in [0.3, 0.4) is 0 Å². The predicted molar refractivity (Wildman–Crippen MR) is 104 cm³/mol. The van der Waals surface area contributed by atoms with Crippen LogP contribution in [-0.4, -0.2) is 18.2 Å². The van der Waals surface area contributed by atoms with Gasteiger partial charge in [-0.2, -0.15) is 0 Å². The summed E-state index contributed by atoms with van der Waals surface area (Å²) in [6.07, 6.45) is 0. The van der Waals surface area contributed by atoms with Crippen LogP contribution in [-0.2, 0) is 13.1 Å². The van der Waals surface area contributed by atoms with Crippen molar-refractivity contribution in [3.63, 3.8) is 0 Å². The summed E-state index contributed by atoms with van der Waals surface area (Å²) < 4.78 is 5.29. The van der Waals surface area contributed by atoms with Gasteiger partial charge in [0.2, 0.25) is 0 Å². The largest absolute Gasteiger partial charge is 0.359 e. The Labute approximate surface area is 158 Å². The Bertz CT molecular complexity index is 643. The Morgan fingerprint density at radius 3 is 2.61 bits per heavy atom. The maximum atomic E-state index is 5.97. The average Bonchev–Trinajstić information content (AvgIpc) is 2.97. The summed E-state index contributed by atoms with van der Waals surface area (Å²) in [5.41, 5.74) is 2.05. The molecule has 2 rings (SSSR count). The van der Waals surface area contributed by atoms with Gasteiger partial charge in [-0.15, -0.1) is 24.0 Å². The molecule has 0 fully saturated rings. The highest BCUT2D eigenvalue weighted by Crippen LogP contribution is 2.13. The van der Waals surface area contributed by atoms with Crippen LogP contribution in [0.4, 0.5) is 0 Å². The van der Waals surface area contributed by atoms with Gasteiger partial charge in [0.25, 0.3) is 0 Å². The number of hydrogen-bond acceptors (Lipinski definition) is 3. The van der Waals surface area contributed by atoms with E-state index in [0.717, 1.165) is 22.0 Å². The summed E-state index contributed by atoms with van der Waals surface area (Å²) in [5, 5.41) is 11.2. The molecule has 0 aliphatic rings. The third kappa shape index (κ3) is 6.39. The topological polar surface area (TPSA) is 62.5 Å². The third-order valence-electron chi connectivity index (χ3n) is 3.17. The average molecular weight is 449 g/mol. The van der Waals surface area contributed by atoms with Crippen molar-refractivity contribution < 1.29 is 4.52 Å². The summed E-state index contributed by atoms with van der Waals surface area (Å²) in [5.74, 6) is 1.84. The SMILES string of the molecule is CN=C(NCc1cccc(Cl)c1)NCc1cc(C(C)C)no1.I. The molecule has 1 aromatic carbocycles. The maximum Gasteiger partial charge on any atom is 0.191 e. The third-order valence-corrected chi connectivity index (χ3v) is 3.41. The van der Waals surface area contributed by atoms with E-state index in [1.807, 2.05) is 30.3 Å². The predicted octanol–water partition coefficient (Wildman–Crippen LogP) is 3.93. The van der Waals surface area contributed by atoms with E-state index in [0.29, 0.717) is 25.0 Å². The Kier molecular flexibility index (Phi) is 8.40. The first-order valence-electron chi connectivity index (χ1n) is 7.23. The molecule has 0 amide bonds. The summed E-state index contributed by atoms with van der Waals surface area (Å²) in [4.78, 5) is 4.18. The Morgan fingerprint density at radius 1 is 1.26 bits per heavy atom. The van der Waals surface area contributed by atoms with Crippen LogP contribution >= 0.6 is 35.6 Å². The van der Waals surface area contributed by atoms with E-state index in [1.54, 1.807) is 7.05 Å². The second-order valence-electron chi connectivity index (χ2n) is 5.28. The summed E-state index contributed by atoms with van der Waals surface area (Å²) in [6, 6.07) is 9.68. The zero-order valence-electron chi connectivity index (χ0n) is 13.5. The number of nitrogens with one attached hydrogen (secondary N) is 2. The van der Waals surface area contributed by atoms with Crippen LogP contribution in [0.2, 0.25) is 5.02 Å². The number of guanidine groups is 1. The van der Waals surface area contributed by atoms with Crippen LogP contribution < -0.4 is 10.6 Å². The first-order chi connectivity index (χ1) is 10.6. The minimum absolute atomic E-state index is 0. The molecule has 0 saturated carbocycles. The van der Waals surface area contributed by atoms with Gasteiger partial charge in [-0.25, -0.2) is 0 Å². The van der Waals surface area contributed by atoms with Gasteiger partial charge in [-0.3, -0.25) is 4.99 Å². The molecular weight excluding hydrogens is 427 g/mol. The van der Waals surface area contributed by atoms with Gasteiger partial charge in [-0.05, 0) is 23.6 Å². The van der Waals surface area contributed by atoms with E-state index in [2.05, 4.69) is 34.6 Å². The van der Waals surface area contributed by atoms with Crippen LogP contribution in [0.5, 0.6) is 0 Å². The number of nitrogens with zero attached hydrogens (tertiary/aromatic N) is 2. The zero-order chi connectivity index (χ0) is 15.9. The van der Waals surface area contributed by atoms with Gasteiger partial charge in [0.15, 0.2) is 11.7 Å². The van der Waals surface area contributed by atoms with E-state index in [-0.39, 0.29) is 24.0 Å². The number of rotatable bonds is 5. The molecule has 5 nitrogen and oxygen atoms in total. The number of aliphatic imine (C=N–C) groups is 1. The number of benzene rings is 1. The van der Waals surface area contributed by atoms with Crippen molar-refractivity contribution in [3.05, 3.63) is 52.4 Å². The zero-order valence-corrected chi connectivity index (χ0v) is 16.6. The van der Waals surface area contributed by atoms with Crippen LogP contribution in [0.15, 0.2) is 39.8 Å². The fourth-order valence-electron chi connectivity index (χ4n) is 1.91. The molecule has 0 spiro atoms. The molecule has 2 N–H and O–H groups in total. The summed E-state index contributed by atoms with van der Waals surface area (Å²) in [7, 11) is 1.73. The molecule has 0 saturated heterocycles. The molecule has 2 aromatic rings. The Hall–Kier alpha value is -1.28. The van der Waals surface area contributed by atoms with Crippen LogP contribution in [0, 0.1) is 0 Å². The Balaban J connectivity index is 0.00000264. The molecular formula is C16H22ClIN4O. The van der Waals surface area contributed by atoms with Gasteiger partial charge < -0.3 is 15.2 Å². The monoisotopic (exact) mass is 448 g/mol. The minimum Gasteiger partial charge on any atom is -0.359 e. The molecule has 1 heterocycles. The highest BCUT2D eigenvalue weighted by Gasteiger charge is 2.08. The highest BCUT2D eigenvalue weighted by atomic mass is 127. The highest BCUT2D eigenvalue weighted by molar-refractivity contribution is 14.0. The van der Waals surface area contributed by atoms with E-state index < -0.39 is 0 Å². The fraction of sp³-hybridized carbons (Fsp3) is 0.375. The lowest BCUT2D eigenvalue weighted by Crippen LogP contribution is -2.36. The molecule has 0 unspecified atom stereocenters. The number of hydrogen-bond donors (Lipinski definition) is 2. The lowest BCUT2D eigenvalue weighted by molar-refractivity contribution is 0.372. The van der Waals surface area contributed by atoms with Gasteiger partial charge in [-0.1, -0.05) is 42.7 Å². The van der Waals surface area contributed by atoms with Gasteiger partial charge in [0.05, 0.1) is 12.2 Å². The second-order valence-corrected chi connectivity index (χ2v) is 5.72. The quantitative estimate of drug-likeness (QED) is 0.413. The normalized spacial score (nSPS) is 11.3. The van der Waals surface area contributed by atoms with E-state index >= 15 is 0 Å². The van der Waals surface area contributed by atoms with E-state index in [4.69, 9.17) is 16.1 Å². The van der Waals surface area contributed by atoms with E-state index in [1.165, 1.54) is 0 Å². The van der Waals surface area contributed by atoms with Crippen molar-refractivity contribution in [2.45, 2.75) is 32.9 Å². The van der Waals surface area contributed by atoms with Gasteiger partial charge in [0.1, 0.15) is 0 Å². The molecule has 0 radical (unpaired) electrons. The maximum absolute atomic E-state index is 5.97. The first-order valence-corrected chi connectivity index (χ1v) is 7.60. The molecule has 0 aliphatic heterocycles. The van der Waals surface area contributed by atoms with Gasteiger partial charge in [0, 0.05) is 24.7 Å². The van der Waals surface area contributed by atoms with Crippen molar-refractivity contribution in [1.29, 1.82) is 0 Å². The lowest BCUT2D eigenvalue weighted by atomic mass is 10.1. The fourth-order valence-corrected chi connectivity index (χ4v) is 2.12. The molecule has 7 heteroatoms. The molecule has 126 valence electrons. The first kappa shape index (κ1) is 19.8. The van der Waals surface area contributed by atoms with Crippen molar-refractivity contribution in [2.24, 2.45) is 4.99 Å². The van der Waals surface area contributed by atoms with Gasteiger partial charge >= 0.3 is 0 Å². The lowest BCUT2D eigenvalue weighted by Gasteiger charge is -2.10. The molecule has 1 aromatic heterocycles. The van der Waals surface area contributed by atoms with Crippen molar-refractivity contribution in [2.75, 3.05) is 7.05 Å². The second kappa shape index (κ2) is 9.77. The smallest absolute Gasteiger partial charge is 0.191 e. The molecule has 0 atom stereocenters. The number of aromatic nitrogens is 1. The minimum atomic E-state index is 0. The van der Waals surface area contributed by atoms with Crippen molar-refractivity contribution in [3.8, 4) is 0 Å². The standard InChI is InChI=1S/C16H21ClN4O.HI/c1-11(2)15-8-14(22-21-15)10-20-16(18-3)19-9-12-5-4-6-13(17)7-12;/h4-8,11H,9-10H2,1-3H3,(H2,18,19,20);1H. The van der Waals surface area contributed by atoms with Crippen LogP contribution in [0.1, 0.15) is 36.8 Å². The summed E-state index contributed by atoms with van der Waals surface area (Å²) in [6.45, 7) is 5.35. The van der Waals surface area contributed by atoms with Crippen molar-refractivity contribution >= 4 is 41.5 Å². The van der Waals surface area contributed by atoms with Crippen LogP contribution in [0.25, 0.3) is 0 Å². The molecule has 0 bridgehead atoms.